The van der Waals surface area contributed by atoms with Crippen molar-refractivity contribution in [2.45, 2.75) is 82.8 Å². The first-order valence-corrected chi connectivity index (χ1v) is 11.6. The summed E-state index contributed by atoms with van der Waals surface area (Å²) in [5.41, 5.74) is -0.583. The van der Waals surface area contributed by atoms with Crippen molar-refractivity contribution in [2.24, 2.45) is 14.1 Å². The second kappa shape index (κ2) is 9.30. The predicted molar refractivity (Wildman–Crippen MR) is 119 cm³/mol. The molecule has 0 radical (unpaired) electrons. The van der Waals surface area contributed by atoms with E-state index in [4.69, 9.17) is 0 Å². The van der Waals surface area contributed by atoms with E-state index in [0.717, 1.165) is 62.4 Å². The summed E-state index contributed by atoms with van der Waals surface area (Å²) in [6.45, 7) is -0.182. The molecule has 4 rings (SSSR count). The van der Waals surface area contributed by atoms with Crippen molar-refractivity contribution in [3.8, 4) is 0 Å². The van der Waals surface area contributed by atoms with Gasteiger partial charge in [0.05, 0.1) is 6.33 Å². The number of nitrogens with zero attached hydrogens (tertiary/aromatic N) is 5. The van der Waals surface area contributed by atoms with Crippen LogP contribution in [0.3, 0.4) is 0 Å². The summed E-state index contributed by atoms with van der Waals surface area (Å²) in [5.74, 6) is -0.361. The maximum absolute atomic E-state index is 13.4. The summed E-state index contributed by atoms with van der Waals surface area (Å²) in [6, 6.07) is -0.369. The molecule has 2 aliphatic carbocycles. The highest BCUT2D eigenvalue weighted by Gasteiger charge is 2.32. The summed E-state index contributed by atoms with van der Waals surface area (Å²) in [7, 11) is 2.93. The third kappa shape index (κ3) is 4.22. The van der Waals surface area contributed by atoms with Crippen LogP contribution in [0.1, 0.15) is 64.2 Å². The molecule has 10 heteroatoms. The van der Waals surface area contributed by atoms with E-state index in [2.05, 4.69) is 10.3 Å². The number of carbonyl (C=O) groups is 2. The normalized spacial score (nSPS) is 18.1. The predicted octanol–water partition coefficient (Wildman–Crippen LogP) is 1.64. The highest BCUT2D eigenvalue weighted by Crippen LogP contribution is 2.24. The molecule has 0 atom stereocenters. The highest BCUT2D eigenvalue weighted by atomic mass is 16.2. The number of hydrogen-bond acceptors (Lipinski definition) is 5. The molecule has 2 fully saturated rings. The molecule has 2 heterocycles. The molecule has 0 aromatic carbocycles. The van der Waals surface area contributed by atoms with Gasteiger partial charge in [-0.15, -0.1) is 0 Å². The van der Waals surface area contributed by atoms with Gasteiger partial charge in [-0.3, -0.25) is 23.6 Å². The molecular weight excluding hydrogens is 412 g/mol. The minimum Gasteiger partial charge on any atom is -0.335 e. The molecule has 2 aromatic heterocycles. The van der Waals surface area contributed by atoms with Crippen LogP contribution >= 0.6 is 0 Å². The Morgan fingerprint density at radius 1 is 1.00 bits per heavy atom. The van der Waals surface area contributed by atoms with Gasteiger partial charge in [0, 0.05) is 26.2 Å². The third-order valence-electron chi connectivity index (χ3n) is 6.88. The molecule has 0 saturated heterocycles. The second-order valence-corrected chi connectivity index (χ2v) is 9.09. The monoisotopic (exact) mass is 444 g/mol. The van der Waals surface area contributed by atoms with Crippen LogP contribution in [0, 0.1) is 0 Å². The van der Waals surface area contributed by atoms with Crippen LogP contribution in [-0.2, 0) is 25.4 Å². The van der Waals surface area contributed by atoms with E-state index >= 15 is 0 Å². The molecule has 2 aliphatic rings. The fraction of sp³-hybridized carbons (Fsp3) is 0.682. The average Bonchev–Trinajstić information content (AvgIpc) is 3.21. The zero-order valence-corrected chi connectivity index (χ0v) is 18.9. The van der Waals surface area contributed by atoms with Crippen LogP contribution in [-0.4, -0.2) is 47.6 Å². The van der Waals surface area contributed by atoms with Crippen molar-refractivity contribution in [2.75, 3.05) is 0 Å². The van der Waals surface area contributed by atoms with Gasteiger partial charge >= 0.3 is 11.7 Å². The van der Waals surface area contributed by atoms with E-state index in [1.165, 1.54) is 40.9 Å². The van der Waals surface area contributed by atoms with Crippen molar-refractivity contribution in [1.29, 1.82) is 0 Å². The molecule has 0 spiro atoms. The lowest BCUT2D eigenvalue weighted by molar-refractivity contribution is -0.131. The van der Waals surface area contributed by atoms with Gasteiger partial charge in [-0.2, -0.15) is 0 Å². The Morgan fingerprint density at radius 3 is 2.28 bits per heavy atom. The Bertz CT molecular complexity index is 1120. The number of fused-ring (bicyclic) bond motifs is 1. The smallest absolute Gasteiger partial charge is 0.332 e. The first-order chi connectivity index (χ1) is 15.4. The standard InChI is InChI=1S/C22H32N6O4/c1-25-19-18(20(30)26(2)22(25)32)27(14-23-19)13-17(29)28(16-11-7-4-8-12-16)21(31)24-15-9-5-3-6-10-15/h14-16H,3-13H2,1-2H3,(H,24,31). The van der Waals surface area contributed by atoms with Crippen LogP contribution in [0.15, 0.2) is 15.9 Å². The van der Waals surface area contributed by atoms with Crippen LogP contribution in [0.2, 0.25) is 0 Å². The van der Waals surface area contributed by atoms with Crippen molar-refractivity contribution in [3.63, 3.8) is 0 Å². The number of nitrogens with one attached hydrogen (secondary N) is 1. The number of urea groups is 1. The quantitative estimate of drug-likeness (QED) is 0.771. The lowest BCUT2D eigenvalue weighted by Gasteiger charge is -2.34. The Balaban J connectivity index is 1.62. The van der Waals surface area contributed by atoms with Crippen molar-refractivity contribution < 1.29 is 9.59 Å². The van der Waals surface area contributed by atoms with E-state index in [0.29, 0.717) is 0 Å². The van der Waals surface area contributed by atoms with Crippen LogP contribution in [0.25, 0.3) is 11.2 Å². The Kier molecular flexibility index (Phi) is 6.48. The molecular formula is C22H32N6O4. The molecule has 2 aromatic rings. The van der Waals surface area contributed by atoms with E-state index in [1.807, 2.05) is 0 Å². The molecule has 2 saturated carbocycles. The van der Waals surface area contributed by atoms with Gasteiger partial charge in [-0.05, 0) is 25.7 Å². The van der Waals surface area contributed by atoms with Gasteiger partial charge in [0.25, 0.3) is 11.5 Å². The minimum absolute atomic E-state index is 0.103. The summed E-state index contributed by atoms with van der Waals surface area (Å²) in [5, 5.41) is 3.08. The largest absolute Gasteiger partial charge is 0.335 e. The third-order valence-corrected chi connectivity index (χ3v) is 6.88. The number of aryl methyl sites for hydroxylation is 1. The SMILES string of the molecule is Cn1c(=O)c2c(ncn2CC(=O)N(C(=O)NC2CCCCC2)C2CCCCC2)n(C)c1=O. The second-order valence-electron chi connectivity index (χ2n) is 9.09. The van der Waals surface area contributed by atoms with Gasteiger partial charge in [-0.1, -0.05) is 38.5 Å². The first-order valence-electron chi connectivity index (χ1n) is 11.6. The molecule has 3 amide bonds. The summed E-state index contributed by atoms with van der Waals surface area (Å²) in [4.78, 5) is 57.1. The Hall–Kier alpha value is -2.91. The number of carbonyl (C=O) groups excluding carboxylic acids is 2. The number of imidazole rings is 1. The summed E-state index contributed by atoms with van der Waals surface area (Å²) in [6.07, 6.45) is 11.3. The van der Waals surface area contributed by atoms with Gasteiger partial charge < -0.3 is 9.88 Å². The zero-order chi connectivity index (χ0) is 22.8. The Morgan fingerprint density at radius 2 is 1.62 bits per heavy atom. The maximum atomic E-state index is 13.4. The fourth-order valence-corrected chi connectivity index (χ4v) is 5.05. The van der Waals surface area contributed by atoms with Gasteiger partial charge in [0.1, 0.15) is 6.54 Å². The van der Waals surface area contributed by atoms with Crippen LogP contribution in [0.5, 0.6) is 0 Å². The van der Waals surface area contributed by atoms with E-state index < -0.39 is 11.2 Å². The molecule has 0 bridgehead atoms. The highest BCUT2D eigenvalue weighted by molar-refractivity contribution is 5.95. The van der Waals surface area contributed by atoms with Crippen molar-refractivity contribution in [3.05, 3.63) is 27.2 Å². The molecule has 174 valence electrons. The van der Waals surface area contributed by atoms with Gasteiger partial charge in [-0.25, -0.2) is 14.6 Å². The first kappa shape index (κ1) is 22.3. The summed E-state index contributed by atoms with van der Waals surface area (Å²) < 4.78 is 3.73. The minimum atomic E-state index is -0.510. The van der Waals surface area contributed by atoms with E-state index in [1.54, 1.807) is 0 Å². The number of rotatable bonds is 4. The molecule has 0 unspecified atom stereocenters. The topological polar surface area (TPSA) is 111 Å². The molecule has 32 heavy (non-hydrogen) atoms. The van der Waals surface area contributed by atoms with Crippen LogP contribution < -0.4 is 16.6 Å². The zero-order valence-electron chi connectivity index (χ0n) is 18.9. The van der Waals surface area contributed by atoms with Crippen LogP contribution in [0.4, 0.5) is 4.79 Å². The fourth-order valence-electron chi connectivity index (χ4n) is 5.05. The van der Waals surface area contributed by atoms with E-state index in [9.17, 15) is 19.2 Å². The van der Waals surface area contributed by atoms with Gasteiger partial charge in [0.15, 0.2) is 11.2 Å². The number of imide groups is 1. The maximum Gasteiger partial charge on any atom is 0.332 e. The Labute approximate surface area is 186 Å². The lowest BCUT2D eigenvalue weighted by Crippen LogP contribution is -2.53. The molecule has 0 aliphatic heterocycles. The molecule has 1 N–H and O–H groups in total. The van der Waals surface area contributed by atoms with E-state index in [-0.39, 0.29) is 41.7 Å². The summed E-state index contributed by atoms with van der Waals surface area (Å²) >= 11 is 0. The lowest BCUT2D eigenvalue weighted by atomic mass is 9.93. The number of aromatic nitrogens is 4. The average molecular weight is 445 g/mol. The number of hydrogen-bond donors (Lipinski definition) is 1. The molecule has 10 nitrogen and oxygen atoms in total. The van der Waals surface area contributed by atoms with Gasteiger partial charge in [0.2, 0.25) is 0 Å². The van der Waals surface area contributed by atoms with Crippen molar-refractivity contribution in [1.82, 2.24) is 28.9 Å². The van der Waals surface area contributed by atoms with Crippen molar-refractivity contribution >= 4 is 23.1 Å². The number of amides is 3.